The number of aliphatic imine (C=N–C) groups is 2. The van der Waals surface area contributed by atoms with Gasteiger partial charge in [0.15, 0.2) is 11.7 Å². The van der Waals surface area contributed by atoms with Gasteiger partial charge in [0.05, 0.1) is 11.4 Å². The average molecular weight is 847 g/mol. The van der Waals surface area contributed by atoms with Crippen LogP contribution >= 0.6 is 20.7 Å². The number of benzene rings is 7. The van der Waals surface area contributed by atoms with E-state index < -0.39 is 20.7 Å². The van der Waals surface area contributed by atoms with Gasteiger partial charge in [-0.15, -0.1) is 0 Å². The standard InChI is InChI=1S/C51H35IN4O/c1-32-17-12-13-26-39(32)46-33(2)47(54-51(53-46)38-25-14-24-37(31-38)34-18-6-3-7-19-34)40-27-15-29-42-44(40)45-41(28-16-30-43(45)57-42)49-52-48(35-20-8-4-9-21-35)55-50(56-49)36-22-10-5-11-23-36/h3-31H,1-2H3. The number of nitrogens with zero attached hydrogens (tertiary/aromatic N) is 4. The third-order valence-electron chi connectivity index (χ3n) is 10.4. The zero-order chi connectivity index (χ0) is 38.3. The second-order valence-corrected chi connectivity index (χ2v) is 16.6. The van der Waals surface area contributed by atoms with Crippen LogP contribution in [0.15, 0.2) is 190 Å². The van der Waals surface area contributed by atoms with Gasteiger partial charge in [0.25, 0.3) is 0 Å². The van der Waals surface area contributed by atoms with Crippen LogP contribution in [-0.4, -0.2) is 23.2 Å². The van der Waals surface area contributed by atoms with E-state index in [4.69, 9.17) is 24.4 Å². The summed E-state index contributed by atoms with van der Waals surface area (Å²) in [5, 5.41) is 2.05. The molecule has 0 atom stereocenters. The van der Waals surface area contributed by atoms with Gasteiger partial charge in [-0.2, -0.15) is 0 Å². The number of furan rings is 1. The Morgan fingerprint density at radius 1 is 0.439 bits per heavy atom. The molecule has 1 aliphatic rings. The Balaban J connectivity index is 1.22. The molecule has 0 fully saturated rings. The fourth-order valence-electron chi connectivity index (χ4n) is 7.57. The summed E-state index contributed by atoms with van der Waals surface area (Å²) in [6.45, 7) is 4.29. The van der Waals surface area contributed by atoms with E-state index in [1.807, 2.05) is 30.3 Å². The van der Waals surface area contributed by atoms with Gasteiger partial charge in [-0.05, 0) is 69.5 Å². The van der Waals surface area contributed by atoms with Crippen molar-refractivity contribution in [1.29, 1.82) is 0 Å². The van der Waals surface area contributed by atoms with E-state index in [0.717, 1.165) is 102 Å². The third-order valence-corrected chi connectivity index (χ3v) is 13.1. The van der Waals surface area contributed by atoms with Gasteiger partial charge in [-0.1, -0.05) is 158 Å². The summed E-state index contributed by atoms with van der Waals surface area (Å²) < 4.78 is 8.83. The van der Waals surface area contributed by atoms with Gasteiger partial charge in [-0.25, -0.2) is 20.0 Å². The van der Waals surface area contributed by atoms with Gasteiger partial charge in [0.1, 0.15) is 18.5 Å². The number of rotatable bonds is 7. The lowest BCUT2D eigenvalue weighted by atomic mass is 9.94. The van der Waals surface area contributed by atoms with Gasteiger partial charge in [0, 0.05) is 49.7 Å². The number of amidine groups is 1. The van der Waals surface area contributed by atoms with Gasteiger partial charge in [0.2, 0.25) is 0 Å². The van der Waals surface area contributed by atoms with Crippen molar-refractivity contribution in [3.05, 3.63) is 204 Å². The Morgan fingerprint density at radius 2 is 0.965 bits per heavy atom. The van der Waals surface area contributed by atoms with Crippen LogP contribution in [0.4, 0.5) is 0 Å². The molecule has 0 spiro atoms. The van der Waals surface area contributed by atoms with Gasteiger partial charge in [-0.3, -0.25) is 0 Å². The number of aromatic nitrogens is 2. The van der Waals surface area contributed by atoms with Crippen LogP contribution in [-0.2, 0) is 0 Å². The van der Waals surface area contributed by atoms with Crippen LogP contribution in [0.2, 0.25) is 0 Å². The second kappa shape index (κ2) is 14.8. The molecule has 0 radical (unpaired) electrons. The minimum Gasteiger partial charge on any atom is -0.456 e. The predicted molar refractivity (Wildman–Crippen MR) is 245 cm³/mol. The fourth-order valence-corrected chi connectivity index (χ4v) is 10.2. The van der Waals surface area contributed by atoms with E-state index in [-0.39, 0.29) is 0 Å². The summed E-state index contributed by atoms with van der Waals surface area (Å²) in [6, 6.07) is 60.8. The molecule has 0 amide bonds. The van der Waals surface area contributed by atoms with Crippen LogP contribution in [0.5, 0.6) is 0 Å². The molecule has 272 valence electrons. The molecule has 5 nitrogen and oxygen atoms in total. The van der Waals surface area contributed by atoms with Crippen molar-refractivity contribution in [2.45, 2.75) is 13.8 Å². The maximum absolute atomic E-state index is 6.70. The first kappa shape index (κ1) is 34.8. The van der Waals surface area contributed by atoms with Crippen molar-refractivity contribution in [1.82, 2.24) is 9.97 Å². The SMILES string of the molecule is Cc1ccccc1-c1nc(-c2cccc(-c3ccccc3)c2)nc(-c2cccc3oc4cccc(C5=IC(c6ccccc6)=NC(c6ccccc6)=N5)c4c23)c1C. The Kier molecular flexibility index (Phi) is 9.03. The molecule has 0 saturated heterocycles. The molecule has 1 aliphatic heterocycles. The van der Waals surface area contributed by atoms with Crippen LogP contribution in [0.1, 0.15) is 27.8 Å². The monoisotopic (exact) mass is 846 g/mol. The number of hydrogen-bond donors (Lipinski definition) is 0. The minimum atomic E-state index is -0.764. The normalized spacial score (nSPS) is 12.8. The molecule has 0 unspecified atom stereocenters. The van der Waals surface area contributed by atoms with Crippen molar-refractivity contribution >= 4 is 55.9 Å². The topological polar surface area (TPSA) is 63.6 Å². The molecule has 7 aromatic carbocycles. The van der Waals surface area contributed by atoms with Crippen LogP contribution < -0.4 is 0 Å². The predicted octanol–water partition coefficient (Wildman–Crippen LogP) is 13.0. The number of halogens is 1. The van der Waals surface area contributed by atoms with E-state index in [1.165, 1.54) is 0 Å². The van der Waals surface area contributed by atoms with Crippen molar-refractivity contribution in [2.75, 3.05) is 0 Å². The number of aryl methyl sites for hydroxylation is 1. The maximum atomic E-state index is 6.70. The minimum absolute atomic E-state index is 0.671. The highest BCUT2D eigenvalue weighted by molar-refractivity contribution is 14.2. The van der Waals surface area contributed by atoms with E-state index in [9.17, 15) is 0 Å². The average Bonchev–Trinajstić information content (AvgIpc) is 3.67. The molecule has 9 aromatic rings. The first-order chi connectivity index (χ1) is 28.1. The van der Waals surface area contributed by atoms with Gasteiger partial charge >= 0.3 is 0 Å². The Bertz CT molecular complexity index is 3040. The Hall–Kier alpha value is -6.64. The van der Waals surface area contributed by atoms with Crippen molar-refractivity contribution < 1.29 is 4.42 Å². The highest BCUT2D eigenvalue weighted by atomic mass is 127. The van der Waals surface area contributed by atoms with E-state index >= 15 is 0 Å². The van der Waals surface area contributed by atoms with E-state index in [2.05, 4.69) is 159 Å². The summed E-state index contributed by atoms with van der Waals surface area (Å²) in [7, 11) is 0. The number of fused-ring (bicyclic) bond motifs is 3. The van der Waals surface area contributed by atoms with Crippen molar-refractivity contribution in [3.8, 4) is 45.0 Å². The van der Waals surface area contributed by atoms with Gasteiger partial charge < -0.3 is 4.42 Å². The first-order valence-electron chi connectivity index (χ1n) is 18.9. The molecule has 0 aliphatic carbocycles. The van der Waals surface area contributed by atoms with Crippen molar-refractivity contribution in [2.24, 2.45) is 9.98 Å². The highest BCUT2D eigenvalue weighted by Crippen LogP contribution is 2.42. The molecule has 0 saturated carbocycles. The molecular formula is C51H35IN4O. The molecule has 6 heteroatoms. The summed E-state index contributed by atoms with van der Waals surface area (Å²) in [6.07, 6.45) is 0. The quantitative estimate of drug-likeness (QED) is 0.150. The maximum Gasteiger partial charge on any atom is 0.161 e. The summed E-state index contributed by atoms with van der Waals surface area (Å²) in [4.78, 5) is 21.3. The zero-order valence-corrected chi connectivity index (χ0v) is 33.5. The summed E-state index contributed by atoms with van der Waals surface area (Å²) in [5.41, 5.74) is 14.0. The van der Waals surface area contributed by atoms with Crippen LogP contribution in [0.3, 0.4) is 0 Å². The largest absolute Gasteiger partial charge is 0.456 e. The fraction of sp³-hybridized carbons (Fsp3) is 0.0392. The molecule has 2 aromatic heterocycles. The summed E-state index contributed by atoms with van der Waals surface area (Å²) >= 11 is -0.764. The Morgan fingerprint density at radius 3 is 1.67 bits per heavy atom. The summed E-state index contributed by atoms with van der Waals surface area (Å²) in [5.74, 6) is 1.39. The Labute approximate surface area is 340 Å². The lowest BCUT2D eigenvalue weighted by Gasteiger charge is -2.16. The molecular weight excluding hydrogens is 811 g/mol. The third kappa shape index (κ3) is 6.51. The molecule has 0 bridgehead atoms. The van der Waals surface area contributed by atoms with E-state index in [1.54, 1.807) is 0 Å². The second-order valence-electron chi connectivity index (χ2n) is 14.0. The molecule has 57 heavy (non-hydrogen) atoms. The zero-order valence-electron chi connectivity index (χ0n) is 31.3. The molecule has 3 heterocycles. The smallest absolute Gasteiger partial charge is 0.161 e. The lowest BCUT2D eigenvalue weighted by Crippen LogP contribution is -2.11. The number of hydrogen-bond acceptors (Lipinski definition) is 5. The van der Waals surface area contributed by atoms with Crippen molar-refractivity contribution in [3.63, 3.8) is 0 Å². The van der Waals surface area contributed by atoms with E-state index in [0.29, 0.717) is 5.82 Å². The van der Waals surface area contributed by atoms with Crippen LogP contribution in [0.25, 0.3) is 67.0 Å². The van der Waals surface area contributed by atoms with Crippen LogP contribution in [0, 0.1) is 13.8 Å². The highest BCUT2D eigenvalue weighted by Gasteiger charge is 2.24. The first-order valence-corrected chi connectivity index (χ1v) is 21.1. The lowest BCUT2D eigenvalue weighted by molar-refractivity contribution is 0.669. The molecule has 0 N–H and O–H groups in total. The molecule has 10 rings (SSSR count).